The van der Waals surface area contributed by atoms with E-state index in [2.05, 4.69) is 26.6 Å². The maximum Gasteiger partial charge on any atom is 0.243 e. The van der Waals surface area contributed by atoms with Gasteiger partial charge in [-0.2, -0.15) is 0 Å². The van der Waals surface area contributed by atoms with Crippen LogP contribution in [-0.4, -0.2) is 124 Å². The summed E-state index contributed by atoms with van der Waals surface area (Å²) in [5, 5.41) is 62.1. The lowest BCUT2D eigenvalue weighted by Crippen LogP contribution is -2.66. The topological polar surface area (TPSA) is 282 Å². The van der Waals surface area contributed by atoms with E-state index in [9.17, 15) is 49.5 Å². The zero-order valence-corrected chi connectivity index (χ0v) is 28.4. The number of amides is 5. The fraction of sp³-hybridized carbons (Fsp3) is 0.500. The Kier molecular flexibility index (Phi) is 15.7. The number of hydrogen-bond acceptors (Lipinski definition) is 12. The molecular weight excluding hydrogens is 668 g/mol. The zero-order chi connectivity index (χ0) is 37.7. The molecule has 0 aromatic heterocycles. The lowest BCUT2D eigenvalue weighted by molar-refractivity contribution is -0.254. The second-order valence-electron chi connectivity index (χ2n) is 12.7. The van der Waals surface area contributed by atoms with Gasteiger partial charge in [-0.25, -0.2) is 0 Å². The Balaban J connectivity index is 1.60. The van der Waals surface area contributed by atoms with Crippen LogP contribution in [0.25, 0.3) is 0 Å². The normalized spacial score (nSPS) is 21.8. The summed E-state index contributed by atoms with van der Waals surface area (Å²) >= 11 is 0. The molecule has 0 radical (unpaired) electrons. The third-order valence-electron chi connectivity index (χ3n) is 8.08. The Hall–Kier alpha value is -4.65. The zero-order valence-electron chi connectivity index (χ0n) is 28.4. The summed E-state index contributed by atoms with van der Waals surface area (Å²) in [4.78, 5) is 64.6. The molecule has 1 aliphatic rings. The minimum absolute atomic E-state index is 0.0139. The van der Waals surface area contributed by atoms with E-state index in [0.717, 1.165) is 0 Å². The van der Waals surface area contributed by atoms with Crippen molar-refractivity contribution in [2.45, 2.75) is 81.9 Å². The minimum Gasteiger partial charge on any atom is -0.508 e. The molecule has 1 heterocycles. The molecule has 0 spiro atoms. The summed E-state index contributed by atoms with van der Waals surface area (Å²) in [7, 11) is 0. The molecule has 17 nitrogen and oxygen atoms in total. The van der Waals surface area contributed by atoms with Crippen molar-refractivity contribution in [2.75, 3.05) is 19.7 Å². The van der Waals surface area contributed by atoms with E-state index in [4.69, 9.17) is 10.5 Å². The first kappa shape index (κ1) is 40.8. The predicted molar refractivity (Wildman–Crippen MR) is 181 cm³/mol. The highest BCUT2D eigenvalue weighted by Crippen LogP contribution is 2.20. The number of aromatic hydroxyl groups is 1. The largest absolute Gasteiger partial charge is 0.508 e. The van der Waals surface area contributed by atoms with Crippen LogP contribution in [0.2, 0.25) is 0 Å². The third kappa shape index (κ3) is 12.9. The number of hydrogen-bond donors (Lipinski definition) is 11. The van der Waals surface area contributed by atoms with Gasteiger partial charge >= 0.3 is 0 Å². The van der Waals surface area contributed by atoms with E-state index < -0.39 is 98.0 Å². The highest BCUT2D eigenvalue weighted by Gasteiger charge is 2.45. The molecule has 1 saturated heterocycles. The van der Waals surface area contributed by atoms with E-state index in [0.29, 0.717) is 11.1 Å². The second-order valence-corrected chi connectivity index (χ2v) is 12.7. The van der Waals surface area contributed by atoms with Crippen LogP contribution in [0, 0.1) is 5.92 Å². The molecule has 5 amide bonds. The van der Waals surface area contributed by atoms with Crippen LogP contribution < -0.4 is 32.3 Å². The number of rotatable bonds is 17. The molecule has 0 aliphatic carbocycles. The Morgan fingerprint density at radius 3 is 2.02 bits per heavy atom. The number of phenolic OH excluding ortho intramolecular Hbond substituents is 1. The lowest BCUT2D eigenvalue weighted by atomic mass is 9.96. The number of carbonyl (C=O) groups is 5. The molecule has 8 atom stereocenters. The standard InChI is InChI=1S/C34H48N6O11/c1-18(2)12-23(33(49)40-28-30(46)29(45)25(17-41)51-34(28)50)39-32(48)24(14-19-6-4-3-5-7-19)38-27(44)16-36-26(43)15-37-31(47)22(35)13-20-8-10-21(42)11-9-20/h3-11,18,22-25,28-30,34,41-42,45-46,50H,12-17,35H2,1-2H3,(H,36,43)(H,37,47)(H,38,44)(H,39,48)(H,40,49)/t22?,23?,24?,25-,28-,29-,30-,34?/m1/s1. The van der Waals surface area contributed by atoms with Crippen LogP contribution in [0.4, 0.5) is 0 Å². The van der Waals surface area contributed by atoms with Crippen molar-refractivity contribution in [1.29, 1.82) is 0 Å². The fourth-order valence-corrected chi connectivity index (χ4v) is 5.32. The van der Waals surface area contributed by atoms with Gasteiger partial charge in [0, 0.05) is 6.42 Å². The van der Waals surface area contributed by atoms with Gasteiger partial charge in [-0.1, -0.05) is 56.3 Å². The summed E-state index contributed by atoms with van der Waals surface area (Å²) in [6.45, 7) is 1.90. The number of benzene rings is 2. The predicted octanol–water partition coefficient (Wildman–Crippen LogP) is -3.33. The van der Waals surface area contributed by atoms with Gasteiger partial charge < -0.3 is 62.6 Å². The van der Waals surface area contributed by atoms with E-state index in [1.54, 1.807) is 56.3 Å². The fourth-order valence-electron chi connectivity index (χ4n) is 5.32. The van der Waals surface area contributed by atoms with Gasteiger partial charge in [-0.05, 0) is 42.0 Å². The molecule has 4 unspecified atom stereocenters. The first-order chi connectivity index (χ1) is 24.2. The van der Waals surface area contributed by atoms with Crippen molar-refractivity contribution in [3.63, 3.8) is 0 Å². The quantitative estimate of drug-likeness (QED) is 0.0767. The monoisotopic (exact) mass is 716 g/mol. The maximum absolute atomic E-state index is 13.6. The molecule has 0 saturated carbocycles. The SMILES string of the molecule is CC(C)CC(NC(=O)C(Cc1ccccc1)NC(=O)CNC(=O)CNC(=O)C(N)Cc1ccc(O)cc1)C(=O)N[C@H]1C(O)O[C@H](CO)[C@@H](O)[C@@H]1O. The van der Waals surface area contributed by atoms with Crippen LogP contribution in [0.5, 0.6) is 5.75 Å². The second kappa shape index (κ2) is 19.7. The van der Waals surface area contributed by atoms with Crippen LogP contribution in [0.1, 0.15) is 31.4 Å². The smallest absolute Gasteiger partial charge is 0.243 e. The summed E-state index contributed by atoms with van der Waals surface area (Å²) < 4.78 is 5.11. The maximum atomic E-state index is 13.6. The number of aliphatic hydroxyl groups is 4. The molecule has 1 fully saturated rings. The van der Waals surface area contributed by atoms with Crippen LogP contribution >= 0.6 is 0 Å². The van der Waals surface area contributed by atoms with Gasteiger partial charge in [0.05, 0.1) is 25.7 Å². The third-order valence-corrected chi connectivity index (χ3v) is 8.08. The van der Waals surface area contributed by atoms with Gasteiger partial charge in [0.15, 0.2) is 6.29 Å². The summed E-state index contributed by atoms with van der Waals surface area (Å²) in [6, 6.07) is 10.00. The Labute approximate surface area is 294 Å². The van der Waals surface area contributed by atoms with Gasteiger partial charge in [0.25, 0.3) is 0 Å². The average molecular weight is 717 g/mol. The summed E-state index contributed by atoms with van der Waals surface area (Å²) in [5.74, 6) is -3.64. The van der Waals surface area contributed by atoms with Crippen molar-refractivity contribution in [3.8, 4) is 5.75 Å². The molecule has 3 rings (SSSR count). The molecule has 1 aliphatic heterocycles. The Morgan fingerprint density at radius 1 is 0.765 bits per heavy atom. The van der Waals surface area contributed by atoms with Gasteiger partial charge in [0.2, 0.25) is 29.5 Å². The highest BCUT2D eigenvalue weighted by atomic mass is 16.6. The Morgan fingerprint density at radius 2 is 1.39 bits per heavy atom. The molecule has 2 aromatic carbocycles. The highest BCUT2D eigenvalue weighted by molar-refractivity contribution is 5.94. The van der Waals surface area contributed by atoms with Gasteiger partial charge in [-0.15, -0.1) is 0 Å². The Bertz CT molecular complexity index is 1460. The van der Waals surface area contributed by atoms with Gasteiger partial charge in [0.1, 0.15) is 42.2 Å². The molecular formula is C34H48N6O11. The van der Waals surface area contributed by atoms with E-state index in [1.807, 2.05) is 0 Å². The van der Waals surface area contributed by atoms with Crippen molar-refractivity contribution in [2.24, 2.45) is 11.7 Å². The summed E-state index contributed by atoms with van der Waals surface area (Å²) in [6.07, 6.45) is -6.06. The molecule has 0 bridgehead atoms. The molecule has 51 heavy (non-hydrogen) atoms. The molecule has 2 aromatic rings. The molecule has 17 heteroatoms. The van der Waals surface area contributed by atoms with Crippen molar-refractivity contribution >= 4 is 29.5 Å². The van der Waals surface area contributed by atoms with E-state index >= 15 is 0 Å². The molecule has 280 valence electrons. The van der Waals surface area contributed by atoms with Crippen LogP contribution in [0.15, 0.2) is 54.6 Å². The van der Waals surface area contributed by atoms with Crippen LogP contribution in [-0.2, 0) is 41.6 Å². The van der Waals surface area contributed by atoms with Crippen molar-refractivity contribution in [3.05, 3.63) is 65.7 Å². The first-order valence-electron chi connectivity index (χ1n) is 16.5. The van der Waals surface area contributed by atoms with Gasteiger partial charge in [-0.3, -0.25) is 24.0 Å². The van der Waals surface area contributed by atoms with E-state index in [-0.39, 0.29) is 30.9 Å². The van der Waals surface area contributed by atoms with Crippen molar-refractivity contribution in [1.82, 2.24) is 26.6 Å². The minimum atomic E-state index is -1.77. The number of nitrogens with one attached hydrogen (secondary N) is 5. The number of phenols is 1. The lowest BCUT2D eigenvalue weighted by Gasteiger charge is -2.40. The van der Waals surface area contributed by atoms with E-state index in [1.165, 1.54) is 12.1 Å². The first-order valence-corrected chi connectivity index (χ1v) is 16.5. The van der Waals surface area contributed by atoms with Crippen molar-refractivity contribution < 1.29 is 54.2 Å². The number of nitrogens with two attached hydrogens (primary N) is 1. The number of ether oxygens (including phenoxy) is 1. The molecule has 12 N–H and O–H groups in total. The summed E-state index contributed by atoms with van der Waals surface area (Å²) in [5.41, 5.74) is 7.30. The van der Waals surface area contributed by atoms with Crippen LogP contribution in [0.3, 0.4) is 0 Å². The number of carbonyl (C=O) groups excluding carboxylic acids is 5. The average Bonchev–Trinajstić information content (AvgIpc) is 3.10. The number of aliphatic hydroxyl groups excluding tert-OH is 4.